The molecular weight excluding hydrogens is 377 g/mol. The average Bonchev–Trinajstić information content (AvgIpc) is 3.16. The second-order valence-corrected chi connectivity index (χ2v) is 11.3. The van der Waals surface area contributed by atoms with Crippen LogP contribution < -0.4 is 5.32 Å². The van der Waals surface area contributed by atoms with Crippen molar-refractivity contribution < 1.29 is 9.18 Å². The first-order valence-electron chi connectivity index (χ1n) is 11.0. The molecule has 0 aromatic heterocycles. The van der Waals surface area contributed by atoms with Gasteiger partial charge in [-0.3, -0.25) is 4.79 Å². The van der Waals surface area contributed by atoms with E-state index in [1.54, 1.807) is 6.07 Å². The molecule has 30 heavy (non-hydrogen) atoms. The number of Topliss-reactive ketones (excluding diaryl/α,β-unsaturated/α-hetero) is 1. The van der Waals surface area contributed by atoms with Gasteiger partial charge in [0.1, 0.15) is 5.82 Å². The Kier molecular flexibility index (Phi) is 4.01. The summed E-state index contributed by atoms with van der Waals surface area (Å²) in [6.07, 6.45) is 3.17. The number of fused-ring (bicyclic) bond motifs is 5. The number of rotatable bonds is 1. The van der Waals surface area contributed by atoms with Gasteiger partial charge >= 0.3 is 0 Å². The van der Waals surface area contributed by atoms with Gasteiger partial charge in [0.2, 0.25) is 0 Å². The lowest BCUT2D eigenvalue weighted by molar-refractivity contribution is -0.119. The van der Waals surface area contributed by atoms with Gasteiger partial charge in [0.15, 0.2) is 11.9 Å². The largest absolute Gasteiger partial charge is 0.362 e. The zero-order valence-electron chi connectivity index (χ0n) is 18.5. The van der Waals surface area contributed by atoms with Crippen LogP contribution in [0.4, 0.5) is 4.39 Å². The van der Waals surface area contributed by atoms with Crippen LogP contribution in [0.1, 0.15) is 71.4 Å². The van der Waals surface area contributed by atoms with E-state index in [0.29, 0.717) is 19.3 Å². The molecule has 2 heterocycles. The summed E-state index contributed by atoms with van der Waals surface area (Å²) in [6.45, 7) is 10.8. The summed E-state index contributed by atoms with van der Waals surface area (Å²) in [5, 5.41) is 12.8. The zero-order valence-corrected chi connectivity index (χ0v) is 18.5. The number of hydrogen-bond acceptors (Lipinski definition) is 4. The normalized spacial score (nSPS) is 29.3. The average molecular weight is 408 g/mol. The predicted molar refractivity (Wildman–Crippen MR) is 114 cm³/mol. The highest BCUT2D eigenvalue weighted by atomic mass is 19.1. The van der Waals surface area contributed by atoms with E-state index in [1.165, 1.54) is 6.07 Å². The quantitative estimate of drug-likeness (QED) is 0.645. The second-order valence-electron chi connectivity index (χ2n) is 11.3. The molecule has 1 N–H and O–H groups in total. The number of carbonyl (C=O) groups is 1. The summed E-state index contributed by atoms with van der Waals surface area (Å²) < 4.78 is 14.8. The van der Waals surface area contributed by atoms with Gasteiger partial charge in [-0.05, 0) is 53.7 Å². The lowest BCUT2D eigenvalue weighted by atomic mass is 9.59. The SMILES string of the molecule is CC(C)(C)CC1=C2C(N=N1)NC1=C(C(=O)CC(C)(C)C1)C21CCc2c(F)cccc21. The number of halogens is 1. The molecule has 2 aliphatic heterocycles. The van der Waals surface area contributed by atoms with Gasteiger partial charge in [-0.25, -0.2) is 4.39 Å². The lowest BCUT2D eigenvalue weighted by Crippen LogP contribution is -2.51. The summed E-state index contributed by atoms with van der Waals surface area (Å²) >= 11 is 0. The topological polar surface area (TPSA) is 53.8 Å². The fraction of sp³-hybridized carbons (Fsp3) is 0.560. The molecule has 0 amide bonds. The summed E-state index contributed by atoms with van der Waals surface area (Å²) in [7, 11) is 0. The Labute approximate surface area is 177 Å². The predicted octanol–water partition coefficient (Wildman–Crippen LogP) is 5.74. The van der Waals surface area contributed by atoms with Crippen LogP contribution in [0.25, 0.3) is 0 Å². The Morgan fingerprint density at radius 1 is 1.23 bits per heavy atom. The number of nitrogens with one attached hydrogen (secondary N) is 1. The molecule has 0 bridgehead atoms. The maximum atomic E-state index is 14.8. The fourth-order valence-corrected chi connectivity index (χ4v) is 6.05. The van der Waals surface area contributed by atoms with Gasteiger partial charge in [-0.2, -0.15) is 10.2 Å². The van der Waals surface area contributed by atoms with Crippen molar-refractivity contribution in [3.63, 3.8) is 0 Å². The first-order chi connectivity index (χ1) is 14.0. The highest BCUT2D eigenvalue weighted by molar-refractivity contribution is 6.02. The van der Waals surface area contributed by atoms with Crippen molar-refractivity contribution in [3.8, 4) is 0 Å². The molecule has 158 valence electrons. The molecule has 0 saturated carbocycles. The van der Waals surface area contributed by atoms with Crippen LogP contribution in [0.5, 0.6) is 0 Å². The molecule has 2 unspecified atom stereocenters. The van der Waals surface area contributed by atoms with Crippen LogP contribution in [-0.2, 0) is 16.6 Å². The van der Waals surface area contributed by atoms with E-state index in [4.69, 9.17) is 0 Å². The van der Waals surface area contributed by atoms with Crippen LogP contribution >= 0.6 is 0 Å². The Morgan fingerprint density at radius 3 is 2.73 bits per heavy atom. The van der Waals surface area contributed by atoms with Gasteiger partial charge < -0.3 is 5.32 Å². The molecule has 1 aromatic rings. The smallest absolute Gasteiger partial charge is 0.165 e. The molecule has 1 aromatic carbocycles. The van der Waals surface area contributed by atoms with Crippen molar-refractivity contribution in [2.24, 2.45) is 21.1 Å². The summed E-state index contributed by atoms with van der Waals surface area (Å²) in [4.78, 5) is 13.6. The van der Waals surface area contributed by atoms with Gasteiger partial charge in [0.25, 0.3) is 0 Å². The fourth-order valence-electron chi connectivity index (χ4n) is 6.05. The van der Waals surface area contributed by atoms with Gasteiger partial charge in [-0.15, -0.1) is 0 Å². The maximum absolute atomic E-state index is 14.8. The number of nitrogens with zero attached hydrogens (tertiary/aromatic N) is 2. The molecule has 4 aliphatic rings. The molecule has 0 saturated heterocycles. The molecular formula is C25H30FN3O. The van der Waals surface area contributed by atoms with Crippen LogP contribution in [0.3, 0.4) is 0 Å². The molecule has 2 atom stereocenters. The zero-order chi connectivity index (χ0) is 21.5. The van der Waals surface area contributed by atoms with Gasteiger partial charge in [0, 0.05) is 23.3 Å². The number of benzene rings is 1. The molecule has 0 radical (unpaired) electrons. The van der Waals surface area contributed by atoms with Gasteiger partial charge in [0.05, 0.1) is 11.1 Å². The number of azo groups is 1. The minimum atomic E-state index is -0.611. The monoisotopic (exact) mass is 407 g/mol. The van der Waals surface area contributed by atoms with Crippen LogP contribution in [-0.4, -0.2) is 11.9 Å². The van der Waals surface area contributed by atoms with Crippen molar-refractivity contribution in [1.82, 2.24) is 5.32 Å². The number of carbonyl (C=O) groups excluding carboxylic acids is 1. The summed E-state index contributed by atoms with van der Waals surface area (Å²) in [5.74, 6) is 0.00821. The van der Waals surface area contributed by atoms with E-state index >= 15 is 0 Å². The van der Waals surface area contributed by atoms with E-state index in [0.717, 1.165) is 46.5 Å². The second kappa shape index (κ2) is 6.12. The van der Waals surface area contributed by atoms with E-state index in [-0.39, 0.29) is 28.6 Å². The van der Waals surface area contributed by atoms with Crippen LogP contribution in [0, 0.1) is 16.6 Å². The third kappa shape index (κ3) is 2.74. The van der Waals surface area contributed by atoms with E-state index in [9.17, 15) is 9.18 Å². The van der Waals surface area contributed by atoms with Crippen molar-refractivity contribution in [1.29, 1.82) is 0 Å². The van der Waals surface area contributed by atoms with Gasteiger partial charge in [-0.1, -0.05) is 46.8 Å². The number of allylic oxidation sites excluding steroid dienone is 3. The highest BCUT2D eigenvalue weighted by Gasteiger charge is 2.57. The minimum absolute atomic E-state index is 0.0357. The molecule has 2 aliphatic carbocycles. The number of ketones is 1. The van der Waals surface area contributed by atoms with Crippen molar-refractivity contribution in [3.05, 3.63) is 57.7 Å². The maximum Gasteiger partial charge on any atom is 0.165 e. The van der Waals surface area contributed by atoms with E-state index < -0.39 is 5.41 Å². The van der Waals surface area contributed by atoms with Crippen LogP contribution in [0.15, 0.2) is 51.0 Å². The Bertz CT molecular complexity index is 1060. The minimum Gasteiger partial charge on any atom is -0.362 e. The van der Waals surface area contributed by atoms with E-state index in [1.807, 2.05) is 6.07 Å². The Hall–Kier alpha value is -2.30. The van der Waals surface area contributed by atoms with E-state index in [2.05, 4.69) is 50.2 Å². The van der Waals surface area contributed by atoms with Crippen molar-refractivity contribution in [2.45, 2.75) is 78.3 Å². The molecule has 1 spiro atoms. The first kappa shape index (κ1) is 19.7. The molecule has 4 nitrogen and oxygen atoms in total. The highest BCUT2D eigenvalue weighted by Crippen LogP contribution is 2.59. The molecule has 5 rings (SSSR count). The molecule has 0 fully saturated rings. The Morgan fingerprint density at radius 2 is 2.00 bits per heavy atom. The third-order valence-corrected chi connectivity index (χ3v) is 6.98. The lowest BCUT2D eigenvalue weighted by Gasteiger charge is -2.47. The summed E-state index contributed by atoms with van der Waals surface area (Å²) in [6, 6.07) is 5.33. The Balaban J connectivity index is 1.81. The van der Waals surface area contributed by atoms with Crippen LogP contribution in [0.2, 0.25) is 0 Å². The third-order valence-electron chi connectivity index (χ3n) is 6.98. The molecule has 5 heteroatoms. The van der Waals surface area contributed by atoms with Crippen molar-refractivity contribution in [2.75, 3.05) is 0 Å². The summed E-state index contributed by atoms with van der Waals surface area (Å²) in [5.41, 5.74) is 4.89. The first-order valence-corrected chi connectivity index (χ1v) is 11.0. The standard InChI is InChI=1S/C25H30FN3O/c1-23(2,3)11-18-21-22(29-28-18)27-17-12-24(4,5)13-19(30)20(17)25(21)10-9-14-15(25)7-6-8-16(14)26/h6-8,22,27H,9-13H2,1-5H3. The van der Waals surface area contributed by atoms with Crippen molar-refractivity contribution >= 4 is 5.78 Å². The number of hydrogen-bond donors (Lipinski definition) is 1.